The maximum atomic E-state index is 4.17. The van der Waals surface area contributed by atoms with Crippen molar-refractivity contribution in [2.75, 3.05) is 7.05 Å². The summed E-state index contributed by atoms with van der Waals surface area (Å²) in [5.74, 6) is 0. The molecule has 1 heteroatoms. The fraction of sp³-hybridized carbons (Fsp3) is 0.786. The minimum absolute atomic E-state index is 0.189. The zero-order chi connectivity index (χ0) is 12.3. The largest absolute Gasteiger partial charge is 0.296 e. The van der Waals surface area contributed by atoms with E-state index in [1.54, 1.807) is 0 Å². The zero-order valence-corrected chi connectivity index (χ0v) is 11.7. The summed E-state index contributed by atoms with van der Waals surface area (Å²) in [5.41, 5.74) is 3.37. The van der Waals surface area contributed by atoms with Crippen LogP contribution in [0.5, 0.6) is 0 Å². The third-order valence-corrected chi connectivity index (χ3v) is 2.32. The Kier molecular flexibility index (Phi) is 4.76. The van der Waals surface area contributed by atoms with Gasteiger partial charge in [-0.25, -0.2) is 0 Å². The molecule has 0 fully saturated rings. The van der Waals surface area contributed by atoms with Crippen molar-refractivity contribution in [1.82, 2.24) is 0 Å². The molecule has 0 aromatic carbocycles. The van der Waals surface area contributed by atoms with E-state index in [-0.39, 0.29) is 5.41 Å². The molecule has 0 rings (SSSR count). The fourth-order valence-corrected chi connectivity index (χ4v) is 1.96. The van der Waals surface area contributed by atoms with E-state index >= 15 is 0 Å². The van der Waals surface area contributed by atoms with Gasteiger partial charge in [0.2, 0.25) is 0 Å². The molecule has 0 aromatic rings. The Morgan fingerprint density at radius 2 is 1.53 bits per heavy atom. The summed E-state index contributed by atoms with van der Waals surface area (Å²) in [4.78, 5) is 4.17. The average molecular weight is 209 g/mol. The Labute approximate surface area is 95.7 Å². The maximum Gasteiger partial charge on any atom is 0.0277 e. The van der Waals surface area contributed by atoms with E-state index in [4.69, 9.17) is 0 Å². The first kappa shape index (κ1) is 14.4. The highest BCUT2D eigenvalue weighted by Gasteiger charge is 2.20. The SMILES string of the molecule is CN=C/C(=C(\C)CC(C)(C)C)C(C)(C)C. The standard InChI is InChI=1S/C14H27N/c1-11(9-13(2,3)4)12(10-15-8)14(5,6)7/h10H,9H2,1-8H3/b12-11-,15-10?. The highest BCUT2D eigenvalue weighted by atomic mass is 14.6. The molecule has 0 saturated heterocycles. The van der Waals surface area contributed by atoms with Gasteiger partial charge in [0.1, 0.15) is 0 Å². The Hall–Kier alpha value is -0.590. The molecule has 0 atom stereocenters. The van der Waals surface area contributed by atoms with Gasteiger partial charge in [-0.05, 0) is 29.7 Å². The van der Waals surface area contributed by atoms with Gasteiger partial charge in [-0.3, -0.25) is 4.99 Å². The fourth-order valence-electron chi connectivity index (χ4n) is 1.96. The molecule has 0 heterocycles. The van der Waals surface area contributed by atoms with E-state index in [0.29, 0.717) is 5.41 Å². The summed E-state index contributed by atoms with van der Waals surface area (Å²) in [6.45, 7) is 15.8. The van der Waals surface area contributed by atoms with Gasteiger partial charge < -0.3 is 0 Å². The highest BCUT2D eigenvalue weighted by molar-refractivity contribution is 5.81. The van der Waals surface area contributed by atoms with Crippen molar-refractivity contribution in [3.8, 4) is 0 Å². The van der Waals surface area contributed by atoms with Crippen molar-refractivity contribution in [3.63, 3.8) is 0 Å². The van der Waals surface area contributed by atoms with Gasteiger partial charge >= 0.3 is 0 Å². The van der Waals surface area contributed by atoms with E-state index in [1.807, 2.05) is 13.3 Å². The van der Waals surface area contributed by atoms with Gasteiger partial charge in [-0.1, -0.05) is 47.1 Å². The molecule has 0 aliphatic carbocycles. The minimum atomic E-state index is 0.189. The quantitative estimate of drug-likeness (QED) is 0.594. The van der Waals surface area contributed by atoms with Crippen LogP contribution in [0.2, 0.25) is 0 Å². The van der Waals surface area contributed by atoms with Gasteiger partial charge in [0.05, 0.1) is 0 Å². The van der Waals surface area contributed by atoms with Gasteiger partial charge in [-0.2, -0.15) is 0 Å². The first-order valence-electron chi connectivity index (χ1n) is 5.70. The Morgan fingerprint density at radius 3 is 1.80 bits per heavy atom. The van der Waals surface area contributed by atoms with Crippen LogP contribution < -0.4 is 0 Å². The van der Waals surface area contributed by atoms with E-state index < -0.39 is 0 Å². The summed E-state index contributed by atoms with van der Waals surface area (Å²) in [6, 6.07) is 0. The number of hydrogen-bond donors (Lipinski definition) is 0. The van der Waals surface area contributed by atoms with Crippen molar-refractivity contribution in [1.29, 1.82) is 0 Å². The lowest BCUT2D eigenvalue weighted by Crippen LogP contribution is -2.15. The lowest BCUT2D eigenvalue weighted by atomic mass is 9.79. The summed E-state index contributed by atoms with van der Waals surface area (Å²) in [7, 11) is 1.84. The molecule has 0 N–H and O–H groups in total. The van der Waals surface area contributed by atoms with Crippen LogP contribution >= 0.6 is 0 Å². The van der Waals surface area contributed by atoms with Crippen LogP contribution in [-0.2, 0) is 0 Å². The van der Waals surface area contributed by atoms with Crippen LogP contribution in [0, 0.1) is 10.8 Å². The first-order chi connectivity index (χ1) is 6.58. The molecule has 0 aliphatic heterocycles. The molecular formula is C14H27N. The molecule has 0 aliphatic rings. The Balaban J connectivity index is 5.12. The Bertz CT molecular complexity index is 256. The second kappa shape index (κ2) is 4.96. The lowest BCUT2D eigenvalue weighted by Gasteiger charge is -2.26. The Morgan fingerprint density at radius 1 is 1.07 bits per heavy atom. The monoisotopic (exact) mass is 209 g/mol. The molecule has 0 saturated carbocycles. The van der Waals surface area contributed by atoms with Crippen molar-refractivity contribution in [3.05, 3.63) is 11.1 Å². The molecule has 88 valence electrons. The zero-order valence-electron chi connectivity index (χ0n) is 11.7. The van der Waals surface area contributed by atoms with Crippen molar-refractivity contribution in [2.24, 2.45) is 15.8 Å². The third-order valence-electron chi connectivity index (χ3n) is 2.32. The topological polar surface area (TPSA) is 12.4 Å². The van der Waals surface area contributed by atoms with Crippen LogP contribution in [0.4, 0.5) is 0 Å². The molecule has 0 amide bonds. The summed E-state index contributed by atoms with van der Waals surface area (Å²) >= 11 is 0. The highest BCUT2D eigenvalue weighted by Crippen LogP contribution is 2.32. The number of nitrogens with zero attached hydrogens (tertiary/aromatic N) is 1. The second-order valence-corrected chi connectivity index (χ2v) is 6.57. The van der Waals surface area contributed by atoms with E-state index in [9.17, 15) is 0 Å². The second-order valence-electron chi connectivity index (χ2n) is 6.57. The van der Waals surface area contributed by atoms with Gasteiger partial charge in [0.15, 0.2) is 0 Å². The smallest absolute Gasteiger partial charge is 0.0277 e. The molecule has 0 aromatic heterocycles. The number of rotatable bonds is 2. The van der Waals surface area contributed by atoms with Crippen LogP contribution in [0.25, 0.3) is 0 Å². The predicted molar refractivity (Wildman–Crippen MR) is 70.6 cm³/mol. The van der Waals surface area contributed by atoms with Gasteiger partial charge in [0.25, 0.3) is 0 Å². The molecule has 1 nitrogen and oxygen atoms in total. The van der Waals surface area contributed by atoms with E-state index in [1.165, 1.54) is 11.1 Å². The van der Waals surface area contributed by atoms with Gasteiger partial charge in [-0.15, -0.1) is 0 Å². The van der Waals surface area contributed by atoms with Crippen LogP contribution in [-0.4, -0.2) is 13.3 Å². The van der Waals surface area contributed by atoms with Gasteiger partial charge in [0, 0.05) is 13.3 Å². The van der Waals surface area contributed by atoms with Crippen molar-refractivity contribution in [2.45, 2.75) is 54.9 Å². The molecular weight excluding hydrogens is 182 g/mol. The van der Waals surface area contributed by atoms with Crippen LogP contribution in [0.1, 0.15) is 54.9 Å². The van der Waals surface area contributed by atoms with Crippen molar-refractivity contribution < 1.29 is 0 Å². The van der Waals surface area contributed by atoms with Crippen LogP contribution in [0.15, 0.2) is 16.1 Å². The summed E-state index contributed by atoms with van der Waals surface area (Å²) in [6.07, 6.45) is 3.15. The third kappa shape index (κ3) is 5.76. The lowest BCUT2D eigenvalue weighted by molar-refractivity contribution is 0.403. The summed E-state index contributed by atoms with van der Waals surface area (Å²) in [5, 5.41) is 0. The van der Waals surface area contributed by atoms with E-state index in [2.05, 4.69) is 53.5 Å². The van der Waals surface area contributed by atoms with E-state index in [0.717, 1.165) is 6.42 Å². The molecule has 0 bridgehead atoms. The first-order valence-corrected chi connectivity index (χ1v) is 5.70. The number of allylic oxidation sites excluding steroid dienone is 2. The molecule has 15 heavy (non-hydrogen) atoms. The molecule has 0 spiro atoms. The molecule has 0 radical (unpaired) electrons. The average Bonchev–Trinajstić information content (AvgIpc) is 1.93. The number of hydrogen-bond acceptors (Lipinski definition) is 1. The summed E-state index contributed by atoms with van der Waals surface area (Å²) < 4.78 is 0. The van der Waals surface area contributed by atoms with Crippen molar-refractivity contribution >= 4 is 6.21 Å². The maximum absolute atomic E-state index is 4.17. The molecule has 0 unspecified atom stereocenters. The normalized spacial score (nSPS) is 15.7. The van der Waals surface area contributed by atoms with Crippen LogP contribution in [0.3, 0.4) is 0 Å². The number of aliphatic imine (C=N–C) groups is 1. The minimum Gasteiger partial charge on any atom is -0.296 e. The predicted octanol–water partition coefficient (Wildman–Crippen LogP) is 4.49.